The molecule has 2 rings (SSSR count). The Labute approximate surface area is 149 Å². The number of rotatable bonds is 6. The third-order valence-corrected chi connectivity index (χ3v) is 4.22. The molecule has 0 saturated heterocycles. The van der Waals surface area contributed by atoms with E-state index in [0.717, 1.165) is 16.7 Å². The minimum absolute atomic E-state index is 0.0687. The summed E-state index contributed by atoms with van der Waals surface area (Å²) in [5.41, 5.74) is 3.67. The van der Waals surface area contributed by atoms with Crippen molar-refractivity contribution in [1.82, 2.24) is 4.90 Å². The third-order valence-electron chi connectivity index (χ3n) is 4.22. The van der Waals surface area contributed by atoms with Gasteiger partial charge in [-0.2, -0.15) is 0 Å². The lowest BCUT2D eigenvalue weighted by atomic mass is 10.0. The fourth-order valence-electron chi connectivity index (χ4n) is 2.77. The van der Waals surface area contributed by atoms with E-state index >= 15 is 0 Å². The lowest BCUT2D eigenvalue weighted by Gasteiger charge is -2.26. The smallest absolute Gasteiger partial charge is 0.310 e. The number of carbonyl (C=O) groups excluding carboxylic acids is 2. The van der Waals surface area contributed by atoms with Gasteiger partial charge >= 0.3 is 5.97 Å². The number of hydrogen-bond donors (Lipinski definition) is 0. The van der Waals surface area contributed by atoms with E-state index in [1.165, 1.54) is 7.11 Å². The highest BCUT2D eigenvalue weighted by atomic mass is 16.5. The third kappa shape index (κ3) is 4.92. The van der Waals surface area contributed by atoms with Crippen LogP contribution in [0.3, 0.4) is 0 Å². The summed E-state index contributed by atoms with van der Waals surface area (Å²) in [4.78, 5) is 26.7. The van der Waals surface area contributed by atoms with Gasteiger partial charge < -0.3 is 9.64 Å². The van der Waals surface area contributed by atoms with Crippen LogP contribution in [0.25, 0.3) is 0 Å². The molecule has 4 heteroatoms. The van der Waals surface area contributed by atoms with Crippen LogP contribution in [0.5, 0.6) is 0 Å². The molecule has 1 atom stereocenters. The van der Waals surface area contributed by atoms with Crippen molar-refractivity contribution < 1.29 is 14.3 Å². The summed E-state index contributed by atoms with van der Waals surface area (Å²) < 4.78 is 4.81. The molecule has 0 fully saturated rings. The zero-order valence-corrected chi connectivity index (χ0v) is 15.3. The van der Waals surface area contributed by atoms with Crippen molar-refractivity contribution in [2.45, 2.75) is 27.3 Å². The Kier molecular flexibility index (Phi) is 6.34. The molecule has 0 bridgehead atoms. The molecule has 0 spiro atoms. The first kappa shape index (κ1) is 18.7. The maximum Gasteiger partial charge on any atom is 0.310 e. The van der Waals surface area contributed by atoms with Crippen LogP contribution in [0.1, 0.15) is 34.0 Å². The van der Waals surface area contributed by atoms with Gasteiger partial charge in [-0.25, -0.2) is 0 Å². The van der Waals surface area contributed by atoms with E-state index in [0.29, 0.717) is 18.7 Å². The number of aryl methyl sites for hydroxylation is 2. The fourth-order valence-corrected chi connectivity index (χ4v) is 2.77. The molecule has 2 aromatic rings. The maximum absolute atomic E-state index is 13.1. The van der Waals surface area contributed by atoms with Crippen LogP contribution in [0.4, 0.5) is 0 Å². The predicted molar refractivity (Wildman–Crippen MR) is 98.3 cm³/mol. The van der Waals surface area contributed by atoms with Crippen LogP contribution in [0.15, 0.2) is 48.5 Å². The van der Waals surface area contributed by atoms with Crippen molar-refractivity contribution in [2.75, 3.05) is 13.7 Å². The van der Waals surface area contributed by atoms with Crippen LogP contribution < -0.4 is 0 Å². The summed E-state index contributed by atoms with van der Waals surface area (Å²) in [5.74, 6) is -0.768. The Balaban J connectivity index is 2.30. The average molecular weight is 339 g/mol. The van der Waals surface area contributed by atoms with E-state index in [2.05, 4.69) is 0 Å². The topological polar surface area (TPSA) is 46.6 Å². The standard InChI is InChI=1S/C21H25NO3/c1-15-10-11-16(2)19(12-15)20(23)22(13-17(3)21(24)25-4)14-18-8-6-5-7-9-18/h5-12,17H,13-14H2,1-4H3. The van der Waals surface area contributed by atoms with Gasteiger partial charge in [-0.05, 0) is 31.0 Å². The second-order valence-electron chi connectivity index (χ2n) is 6.41. The van der Waals surface area contributed by atoms with Crippen LogP contribution in [-0.2, 0) is 16.1 Å². The SMILES string of the molecule is COC(=O)C(C)CN(Cc1ccccc1)C(=O)c1cc(C)ccc1C. The molecule has 132 valence electrons. The van der Waals surface area contributed by atoms with Crippen LogP contribution in [0, 0.1) is 19.8 Å². The van der Waals surface area contributed by atoms with Gasteiger partial charge in [0, 0.05) is 18.7 Å². The van der Waals surface area contributed by atoms with Crippen molar-refractivity contribution in [3.05, 3.63) is 70.8 Å². The van der Waals surface area contributed by atoms with E-state index in [1.807, 2.05) is 62.4 Å². The number of methoxy groups -OCH3 is 1. The Hall–Kier alpha value is -2.62. The van der Waals surface area contributed by atoms with Crippen LogP contribution in [-0.4, -0.2) is 30.4 Å². The summed E-state index contributed by atoms with van der Waals surface area (Å²) in [5, 5.41) is 0. The molecular formula is C21H25NO3. The Bertz CT molecular complexity index is 740. The Morgan fingerprint density at radius 2 is 1.76 bits per heavy atom. The first-order valence-corrected chi connectivity index (χ1v) is 8.40. The van der Waals surface area contributed by atoms with Crippen LogP contribution >= 0.6 is 0 Å². The molecule has 0 N–H and O–H groups in total. The summed E-state index contributed by atoms with van der Waals surface area (Å²) >= 11 is 0. The number of hydrogen-bond acceptors (Lipinski definition) is 3. The second-order valence-corrected chi connectivity index (χ2v) is 6.41. The Morgan fingerprint density at radius 1 is 1.08 bits per heavy atom. The quantitative estimate of drug-likeness (QED) is 0.753. The van der Waals surface area contributed by atoms with Crippen molar-refractivity contribution in [1.29, 1.82) is 0 Å². The number of esters is 1. The number of carbonyl (C=O) groups is 2. The number of ether oxygens (including phenoxy) is 1. The minimum atomic E-state index is -0.386. The van der Waals surface area contributed by atoms with Gasteiger partial charge in [0.1, 0.15) is 0 Å². The van der Waals surface area contributed by atoms with Gasteiger partial charge in [-0.1, -0.05) is 55.0 Å². The van der Waals surface area contributed by atoms with Gasteiger partial charge in [0.25, 0.3) is 5.91 Å². The molecule has 0 heterocycles. The van der Waals surface area contributed by atoms with E-state index < -0.39 is 0 Å². The average Bonchev–Trinajstić information content (AvgIpc) is 2.62. The van der Waals surface area contributed by atoms with Gasteiger partial charge in [0.05, 0.1) is 13.0 Å². The van der Waals surface area contributed by atoms with Crippen molar-refractivity contribution in [2.24, 2.45) is 5.92 Å². The van der Waals surface area contributed by atoms with E-state index in [1.54, 1.807) is 11.8 Å². The molecule has 0 aliphatic heterocycles. The number of amides is 1. The molecule has 0 aliphatic carbocycles. The van der Waals surface area contributed by atoms with Crippen molar-refractivity contribution in [3.63, 3.8) is 0 Å². The highest BCUT2D eigenvalue weighted by Gasteiger charge is 2.23. The molecule has 0 radical (unpaired) electrons. The highest BCUT2D eigenvalue weighted by molar-refractivity contribution is 5.96. The molecule has 25 heavy (non-hydrogen) atoms. The molecule has 0 aromatic heterocycles. The predicted octanol–water partition coefficient (Wildman–Crippen LogP) is 3.75. The molecule has 0 aliphatic rings. The zero-order valence-electron chi connectivity index (χ0n) is 15.3. The van der Waals surface area contributed by atoms with Crippen molar-refractivity contribution >= 4 is 11.9 Å². The second kappa shape index (κ2) is 8.47. The monoisotopic (exact) mass is 339 g/mol. The first-order chi connectivity index (χ1) is 11.9. The number of benzene rings is 2. The van der Waals surface area contributed by atoms with Gasteiger partial charge in [-0.3, -0.25) is 9.59 Å². The molecule has 1 amide bonds. The van der Waals surface area contributed by atoms with Gasteiger partial charge in [0.15, 0.2) is 0 Å². The van der Waals surface area contributed by atoms with E-state index in [4.69, 9.17) is 4.74 Å². The number of nitrogens with zero attached hydrogens (tertiary/aromatic N) is 1. The van der Waals surface area contributed by atoms with Crippen molar-refractivity contribution in [3.8, 4) is 0 Å². The van der Waals surface area contributed by atoms with Gasteiger partial charge in [-0.15, -0.1) is 0 Å². The molecule has 1 unspecified atom stereocenters. The first-order valence-electron chi connectivity index (χ1n) is 8.40. The normalized spacial score (nSPS) is 11.7. The largest absolute Gasteiger partial charge is 0.469 e. The summed E-state index contributed by atoms with van der Waals surface area (Å²) in [7, 11) is 1.37. The zero-order chi connectivity index (χ0) is 18.4. The molecular weight excluding hydrogens is 314 g/mol. The lowest BCUT2D eigenvalue weighted by Crippen LogP contribution is -2.37. The van der Waals surface area contributed by atoms with Gasteiger partial charge in [0.2, 0.25) is 0 Å². The molecule has 0 saturated carbocycles. The lowest BCUT2D eigenvalue weighted by molar-refractivity contribution is -0.145. The summed E-state index contributed by atoms with van der Waals surface area (Å²) in [6, 6.07) is 15.6. The highest BCUT2D eigenvalue weighted by Crippen LogP contribution is 2.17. The van der Waals surface area contributed by atoms with Crippen LogP contribution in [0.2, 0.25) is 0 Å². The van der Waals surface area contributed by atoms with E-state index in [-0.39, 0.29) is 17.8 Å². The molecule has 2 aromatic carbocycles. The van der Waals surface area contributed by atoms with E-state index in [9.17, 15) is 9.59 Å². The summed E-state index contributed by atoms with van der Waals surface area (Å²) in [6.45, 7) is 6.44. The summed E-state index contributed by atoms with van der Waals surface area (Å²) in [6.07, 6.45) is 0. The maximum atomic E-state index is 13.1. The minimum Gasteiger partial charge on any atom is -0.469 e. The Morgan fingerprint density at radius 3 is 2.40 bits per heavy atom. The fraction of sp³-hybridized carbons (Fsp3) is 0.333. The molecule has 4 nitrogen and oxygen atoms in total.